The molecule has 748 valence electrons. The summed E-state index contributed by atoms with van der Waals surface area (Å²) in [5, 5.41) is 61.7. The van der Waals surface area contributed by atoms with E-state index >= 15 is 0 Å². The molecule has 6 N–H and O–H groups in total. The summed E-state index contributed by atoms with van der Waals surface area (Å²) in [4.78, 5) is 47.8. The average molecular weight is 1910 g/mol. The normalized spacial score (nSPS) is 14.9. The number of aliphatic hydroxyl groups is 4. The van der Waals surface area contributed by atoms with Crippen molar-refractivity contribution in [3.8, 4) is 73.6 Å². The van der Waals surface area contributed by atoms with Crippen molar-refractivity contribution in [3.63, 3.8) is 0 Å². The van der Waals surface area contributed by atoms with E-state index in [4.69, 9.17) is 42.6 Å². The number of methoxy groups -OCH3 is 3. The Balaban J connectivity index is 0.000000187. The molecule has 139 heavy (non-hydrogen) atoms. The zero-order valence-electron chi connectivity index (χ0n) is 83.9. The highest BCUT2D eigenvalue weighted by Gasteiger charge is 2.36. The van der Waals surface area contributed by atoms with Crippen molar-refractivity contribution in [2.24, 2.45) is 39.9 Å². The van der Waals surface area contributed by atoms with E-state index in [0.717, 1.165) is 70.9 Å². The van der Waals surface area contributed by atoms with Gasteiger partial charge in [0.25, 0.3) is 0 Å². The molecule has 22 heteroatoms. The SMILES string of the molecule is CCOC(=O)C[C@@H](CC1CC1)c1cccc(O)c1.CCOC(=O)C[C@@H](CC1CC1)c1cccc(OCc2ccc(-c3cc(OC)ccc3F)c(C(O)C(C)(C)C)c2)c1.CCOC(=O)C[C@H](CC1CC1)c1cccc(O)c1.CCOC(=O)C[C@H](CC1CC1)c1cccc(OCc2ccc(-c3cc(OC)ccc3F)c(C(O)C(C)(C)C)c2)c1.COc1ccc(F)c(-c2ccc(CO)cc2C(O)C(C)(C)C)c1. The van der Waals surface area contributed by atoms with E-state index in [1.165, 1.54) is 76.7 Å². The van der Waals surface area contributed by atoms with E-state index in [0.29, 0.717) is 148 Å². The van der Waals surface area contributed by atoms with Gasteiger partial charge in [-0.1, -0.05) is 205 Å². The summed E-state index contributed by atoms with van der Waals surface area (Å²) in [6, 6.07) is 60.5. The molecule has 4 aliphatic rings. The van der Waals surface area contributed by atoms with Crippen LogP contribution in [-0.2, 0) is 57.9 Å². The predicted octanol–water partition coefficient (Wildman–Crippen LogP) is 26.5. The third-order valence-electron chi connectivity index (χ3n) is 25.6. The second-order valence-corrected chi connectivity index (χ2v) is 40.2. The van der Waals surface area contributed by atoms with Crippen LogP contribution in [-0.4, -0.2) is 102 Å². The van der Waals surface area contributed by atoms with Gasteiger partial charge >= 0.3 is 23.9 Å². The molecule has 4 aliphatic carbocycles. The summed E-state index contributed by atoms with van der Waals surface area (Å²) < 4.78 is 92.9. The monoisotopic (exact) mass is 1910 g/mol. The number of carbonyl (C=O) groups is 4. The molecule has 0 saturated heterocycles. The highest BCUT2D eigenvalue weighted by atomic mass is 19.1. The molecule has 10 aromatic carbocycles. The van der Waals surface area contributed by atoms with Crippen LogP contribution in [0.1, 0.15) is 290 Å². The fraction of sp³-hybridized carbons (Fsp3) is 0.453. The first kappa shape index (κ1) is 109. The molecule has 0 radical (unpaired) electrons. The van der Waals surface area contributed by atoms with Crippen LogP contribution in [0.25, 0.3) is 33.4 Å². The Labute approximate surface area is 820 Å². The molecule has 4 fully saturated rings. The maximum Gasteiger partial charge on any atom is 0.306 e. The first-order chi connectivity index (χ1) is 66.3. The van der Waals surface area contributed by atoms with Crippen molar-refractivity contribution < 1.29 is 106 Å². The summed E-state index contributed by atoms with van der Waals surface area (Å²) in [6.45, 7) is 26.8. The van der Waals surface area contributed by atoms with Gasteiger partial charge in [-0.2, -0.15) is 0 Å². The maximum atomic E-state index is 14.9. The summed E-state index contributed by atoms with van der Waals surface area (Å²) in [6.07, 6.45) is 13.0. The predicted molar refractivity (Wildman–Crippen MR) is 537 cm³/mol. The van der Waals surface area contributed by atoms with Gasteiger partial charge in [0.2, 0.25) is 0 Å². The first-order valence-corrected chi connectivity index (χ1v) is 49.0. The Bertz CT molecular complexity index is 5350. The van der Waals surface area contributed by atoms with Crippen LogP contribution in [0.5, 0.6) is 40.2 Å². The number of benzene rings is 10. The Morgan fingerprint density at radius 2 is 0.583 bits per heavy atom. The molecule has 4 saturated carbocycles. The van der Waals surface area contributed by atoms with Crippen molar-refractivity contribution in [3.05, 3.63) is 279 Å². The van der Waals surface area contributed by atoms with E-state index in [1.54, 1.807) is 93.1 Å². The molecule has 0 aromatic heterocycles. The van der Waals surface area contributed by atoms with Gasteiger partial charge in [0.05, 0.1) is 98.4 Å². The van der Waals surface area contributed by atoms with Crippen LogP contribution in [0.3, 0.4) is 0 Å². The third-order valence-corrected chi connectivity index (χ3v) is 25.6. The number of hydrogen-bond donors (Lipinski definition) is 6. The number of aromatic hydroxyl groups is 2. The number of phenols is 2. The fourth-order valence-electron chi connectivity index (χ4n) is 17.1. The minimum Gasteiger partial charge on any atom is -0.508 e. The van der Waals surface area contributed by atoms with Crippen molar-refractivity contribution in [2.75, 3.05) is 47.8 Å². The summed E-state index contributed by atoms with van der Waals surface area (Å²) in [5.74, 6) is 5.16. The van der Waals surface area contributed by atoms with Gasteiger partial charge in [0.1, 0.15) is 70.9 Å². The van der Waals surface area contributed by atoms with Crippen LogP contribution in [0.4, 0.5) is 13.2 Å². The lowest BCUT2D eigenvalue weighted by molar-refractivity contribution is -0.144. The molecule has 10 aromatic rings. The van der Waals surface area contributed by atoms with Crippen LogP contribution >= 0.6 is 0 Å². The van der Waals surface area contributed by atoms with E-state index in [2.05, 4.69) is 12.1 Å². The van der Waals surface area contributed by atoms with E-state index in [1.807, 2.05) is 187 Å². The Morgan fingerprint density at radius 1 is 0.324 bits per heavy atom. The lowest BCUT2D eigenvalue weighted by Crippen LogP contribution is -2.19. The van der Waals surface area contributed by atoms with E-state index in [-0.39, 0.29) is 96.3 Å². The van der Waals surface area contributed by atoms with Gasteiger partial charge in [-0.25, -0.2) is 13.2 Å². The molecule has 0 bridgehead atoms. The lowest BCUT2D eigenvalue weighted by Gasteiger charge is -2.28. The van der Waals surface area contributed by atoms with Gasteiger partial charge in [-0.15, -0.1) is 0 Å². The van der Waals surface area contributed by atoms with Crippen LogP contribution in [0.15, 0.2) is 206 Å². The van der Waals surface area contributed by atoms with Gasteiger partial charge in [-0.05, 0) is 305 Å². The minimum atomic E-state index is -0.831. The topological polar surface area (TPSA) is 273 Å². The number of carbonyl (C=O) groups excluding carboxylic acids is 4. The average Bonchev–Trinajstić information content (AvgIpc) is 1.79. The molecule has 3 unspecified atom stereocenters. The number of ether oxygens (including phenoxy) is 9. The molecule has 0 aliphatic heterocycles. The van der Waals surface area contributed by atoms with E-state index in [9.17, 15) is 63.0 Å². The number of phenolic OH excluding ortho intramolecular Hbond substituents is 2. The lowest BCUT2D eigenvalue weighted by atomic mass is 9.81. The molecule has 0 amide bonds. The Kier molecular flexibility index (Phi) is 40.9. The van der Waals surface area contributed by atoms with Crippen molar-refractivity contribution in [1.29, 1.82) is 0 Å². The summed E-state index contributed by atoms with van der Waals surface area (Å²) in [5.41, 5.74) is 10.1. The van der Waals surface area contributed by atoms with Crippen molar-refractivity contribution >= 4 is 23.9 Å². The van der Waals surface area contributed by atoms with Gasteiger partial charge in [0, 0.05) is 16.7 Å². The Morgan fingerprint density at radius 3 is 0.827 bits per heavy atom. The smallest absolute Gasteiger partial charge is 0.306 e. The largest absolute Gasteiger partial charge is 0.508 e. The molecule has 14 rings (SSSR count). The minimum absolute atomic E-state index is 0.0979. The highest BCUT2D eigenvalue weighted by molar-refractivity contribution is 5.75. The number of esters is 4. The van der Waals surface area contributed by atoms with Crippen LogP contribution in [0.2, 0.25) is 0 Å². The standard InChI is InChI=1S/2C34H41FO5.C19H23FO3.2C15H20O3/c2*1-6-39-32(36)19-25(16-22-10-11-22)24-8-7-9-27(18-24)40-21-23-12-14-28(30(17-23)33(37)34(2,3)4)29-20-26(38-5)13-15-31(29)35;1-19(2,3)18(22)16-9-12(11-21)5-7-14(16)15-10-13(23-4)6-8-17(15)20;2*1-2-18-15(17)10-13(8-11-6-7-11)12-4-3-5-14(16)9-12/h2*7-9,12-15,17-18,20,22,25,33,37H,6,10-11,16,19,21H2,1-5H3;5-10,18,21-22H,11H2,1-4H3;2*3-5,9,11,13,16H,2,6-8,10H2,1H3/t2*25-,33?;;2*13-/m10.10/s1. The third kappa shape index (κ3) is 34.4. The van der Waals surface area contributed by atoms with Gasteiger partial charge < -0.3 is 73.3 Å². The molecule has 19 nitrogen and oxygen atoms in total. The van der Waals surface area contributed by atoms with Crippen LogP contribution in [0, 0.1) is 57.4 Å². The fourth-order valence-corrected chi connectivity index (χ4v) is 17.1. The quantitative estimate of drug-likeness (QED) is 0.0154. The second kappa shape index (κ2) is 52.0. The van der Waals surface area contributed by atoms with Gasteiger partial charge in [0.15, 0.2) is 0 Å². The first-order valence-electron chi connectivity index (χ1n) is 49.0. The molecule has 0 heterocycles. The van der Waals surface area contributed by atoms with Crippen molar-refractivity contribution in [2.45, 2.75) is 255 Å². The highest BCUT2D eigenvalue weighted by Crippen LogP contribution is 2.49. The maximum absolute atomic E-state index is 14.9. The number of rotatable bonds is 40. The number of hydrogen-bond acceptors (Lipinski definition) is 19. The molecular formula is C117H145F3O19. The molecular weight excluding hydrogens is 1770 g/mol. The zero-order chi connectivity index (χ0) is 101. The number of aliphatic hydroxyl groups excluding tert-OH is 4. The van der Waals surface area contributed by atoms with Crippen LogP contribution < -0.4 is 23.7 Å². The molecule has 0 spiro atoms. The molecule has 7 atom stereocenters. The number of halogens is 3. The second-order valence-electron chi connectivity index (χ2n) is 40.2. The van der Waals surface area contributed by atoms with Gasteiger partial charge in [-0.3, -0.25) is 19.2 Å². The summed E-state index contributed by atoms with van der Waals surface area (Å²) >= 11 is 0. The van der Waals surface area contributed by atoms with Crippen molar-refractivity contribution in [1.82, 2.24) is 0 Å². The Hall–Kier alpha value is -11.7. The van der Waals surface area contributed by atoms with E-state index < -0.39 is 34.6 Å². The summed E-state index contributed by atoms with van der Waals surface area (Å²) in [7, 11) is 4.61. The zero-order valence-corrected chi connectivity index (χ0v) is 83.9.